The van der Waals surface area contributed by atoms with Crippen molar-refractivity contribution in [3.05, 3.63) is 204 Å². The molecule has 0 saturated carbocycles. The van der Waals surface area contributed by atoms with Crippen LogP contribution in [0, 0.1) is 0 Å². The molecule has 0 radical (unpaired) electrons. The van der Waals surface area contributed by atoms with Crippen LogP contribution in [0.4, 0.5) is 68.2 Å². The van der Waals surface area contributed by atoms with Gasteiger partial charge in [0, 0.05) is 76.5 Å². The lowest BCUT2D eigenvalue weighted by Crippen LogP contribution is -2.64. The van der Waals surface area contributed by atoms with Gasteiger partial charge >= 0.3 is 0 Å². The molecular formula is C64H44N4O2Si2. The summed E-state index contributed by atoms with van der Waals surface area (Å²) >= 11 is 0. The van der Waals surface area contributed by atoms with E-state index in [1.807, 2.05) is 0 Å². The summed E-state index contributed by atoms with van der Waals surface area (Å²) in [4.78, 5) is 10.3. The van der Waals surface area contributed by atoms with Crippen LogP contribution >= 0.6 is 0 Å². The molecule has 0 aliphatic carbocycles. The van der Waals surface area contributed by atoms with Crippen LogP contribution in [-0.4, -0.2) is 17.6 Å². The van der Waals surface area contributed by atoms with Gasteiger partial charge in [-0.25, -0.2) is 0 Å². The van der Waals surface area contributed by atoms with Crippen molar-refractivity contribution in [1.82, 2.24) is 0 Å². The molecule has 340 valence electrons. The largest absolute Gasteiger partial charge is 0.457 e. The Balaban J connectivity index is 0.988. The van der Waals surface area contributed by atoms with Gasteiger partial charge in [-0.05, 0) is 118 Å². The Labute approximate surface area is 420 Å². The zero-order valence-corrected chi connectivity index (χ0v) is 42.4. The fourth-order valence-electron chi connectivity index (χ4n) is 15.0. The van der Waals surface area contributed by atoms with Crippen molar-refractivity contribution in [3.63, 3.8) is 0 Å². The van der Waals surface area contributed by atoms with Crippen molar-refractivity contribution in [3.8, 4) is 23.0 Å². The molecule has 0 amide bonds. The Morgan fingerprint density at radius 2 is 0.667 bits per heavy atom. The van der Waals surface area contributed by atoms with Gasteiger partial charge in [0.25, 0.3) is 0 Å². The Bertz CT molecular complexity index is 3960. The van der Waals surface area contributed by atoms with Gasteiger partial charge < -0.3 is 29.1 Å². The summed E-state index contributed by atoms with van der Waals surface area (Å²) in [7, 11) is -4.51. The van der Waals surface area contributed by atoms with Gasteiger partial charge in [-0.3, -0.25) is 0 Å². The van der Waals surface area contributed by atoms with E-state index in [1.54, 1.807) is 0 Å². The number of benzene rings is 10. The molecule has 10 aromatic carbocycles. The summed E-state index contributed by atoms with van der Waals surface area (Å²) in [5.74, 6) is 3.93. The molecular weight excluding hydrogens is 913 g/mol. The first kappa shape index (κ1) is 38.4. The Morgan fingerprint density at radius 1 is 0.306 bits per heavy atom. The second-order valence-electron chi connectivity index (χ2n) is 21.9. The quantitative estimate of drug-likeness (QED) is 0.161. The summed E-state index contributed by atoms with van der Waals surface area (Å²) in [5.41, 5.74) is 19.9. The van der Waals surface area contributed by atoms with Gasteiger partial charge in [0.05, 0.1) is 34.1 Å². The van der Waals surface area contributed by atoms with Crippen LogP contribution < -0.4 is 60.2 Å². The zero-order valence-electron chi connectivity index (χ0n) is 40.1. The lowest BCUT2D eigenvalue weighted by molar-refractivity contribution is 0.485. The Morgan fingerprint density at radius 3 is 1.10 bits per heavy atom. The third-order valence-corrected chi connectivity index (χ3v) is 24.8. The van der Waals surface area contributed by atoms with E-state index in [0.717, 1.165) is 34.4 Å². The maximum atomic E-state index is 7.60. The molecule has 0 N–H and O–H groups in total. The van der Waals surface area contributed by atoms with Crippen LogP contribution in [0.1, 0.15) is 49.9 Å². The molecule has 2 atom stereocenters. The predicted octanol–water partition coefficient (Wildman–Crippen LogP) is 12.0. The molecule has 2 unspecified atom stereocenters. The highest BCUT2D eigenvalue weighted by molar-refractivity contribution is 7.03. The summed E-state index contributed by atoms with van der Waals surface area (Å²) in [6.07, 6.45) is 0. The third kappa shape index (κ3) is 4.23. The van der Waals surface area contributed by atoms with E-state index in [-0.39, 0.29) is 10.8 Å². The summed E-state index contributed by atoms with van der Waals surface area (Å²) in [6, 6.07) is 68.6. The van der Waals surface area contributed by atoms with Crippen LogP contribution in [0.3, 0.4) is 0 Å². The lowest BCUT2D eigenvalue weighted by atomic mass is 9.73. The van der Waals surface area contributed by atoms with Crippen LogP contribution in [0.5, 0.6) is 23.0 Å². The minimum Gasteiger partial charge on any atom is -0.457 e. The van der Waals surface area contributed by atoms with Gasteiger partial charge in [0.15, 0.2) is 17.6 Å². The SMILES string of the molecule is CC1(C)c2ccccc2N2c3cccc4c3[SiH]3c5c(ccc1c52)Oc1cc2c5c6c(cc2c(c13)N4c1ccccc1)Oc1ccc2c3c1[SiH]6c1c(cccc1N5c1ccccc1)N3c1ccccc1C2(C)C. The van der Waals surface area contributed by atoms with Crippen LogP contribution in [0.2, 0.25) is 0 Å². The number of hydrogen-bond donors (Lipinski definition) is 0. The molecule has 0 bridgehead atoms. The molecule has 0 aromatic heterocycles. The van der Waals surface area contributed by atoms with E-state index in [4.69, 9.17) is 9.47 Å². The molecule has 0 fully saturated rings. The molecule has 10 aromatic rings. The van der Waals surface area contributed by atoms with Crippen molar-refractivity contribution in [2.24, 2.45) is 0 Å². The standard InChI is InChI=1S/C64H44N4O2Si2/c1-63(2)39-21-11-13-23-43(39)67-47-27-15-25-45-57(47)71-59-49(31-29-41(63)55(59)67)69-51-33-38-37(53(61(51)71)65(45)35-17-7-5-8-18-35)34-52-62-54(38)66(36-19-9-6-10-20-36)46-26-16-28-48-58(46)72(62)60-50(70-52)32-30-42-56(60)68(48)44-24-14-12-22-40(44)64(42,3)4/h5-34,71-72H,1-4H3. The normalized spacial score (nSPS) is 18.6. The average molecular weight is 957 g/mol. The van der Waals surface area contributed by atoms with E-state index in [1.165, 1.54) is 121 Å². The van der Waals surface area contributed by atoms with Crippen LogP contribution in [-0.2, 0) is 10.8 Å². The first-order valence-corrected chi connectivity index (χ1v) is 28.9. The van der Waals surface area contributed by atoms with Gasteiger partial charge in [0.1, 0.15) is 23.0 Å². The maximum Gasteiger partial charge on any atom is 0.153 e. The van der Waals surface area contributed by atoms with Crippen LogP contribution in [0.25, 0.3) is 10.8 Å². The predicted molar refractivity (Wildman–Crippen MR) is 299 cm³/mol. The average Bonchev–Trinajstić information content (AvgIpc) is 3.41. The molecule has 18 rings (SSSR count). The highest BCUT2D eigenvalue weighted by atomic mass is 28.3. The number of nitrogens with zero attached hydrogens (tertiary/aromatic N) is 4. The smallest absolute Gasteiger partial charge is 0.153 e. The van der Waals surface area contributed by atoms with E-state index in [0.29, 0.717) is 0 Å². The number of rotatable bonds is 2. The van der Waals surface area contributed by atoms with Crippen molar-refractivity contribution in [1.29, 1.82) is 0 Å². The van der Waals surface area contributed by atoms with E-state index in [2.05, 4.69) is 229 Å². The topological polar surface area (TPSA) is 31.4 Å². The molecule has 8 aliphatic heterocycles. The molecule has 6 nitrogen and oxygen atoms in total. The van der Waals surface area contributed by atoms with Gasteiger partial charge in [-0.1, -0.05) is 125 Å². The zero-order chi connectivity index (χ0) is 47.3. The minimum absolute atomic E-state index is 0.205. The van der Waals surface area contributed by atoms with Crippen LogP contribution in [0.15, 0.2) is 182 Å². The third-order valence-electron chi connectivity index (χ3n) is 17.9. The van der Waals surface area contributed by atoms with E-state index < -0.39 is 17.6 Å². The molecule has 8 aliphatic rings. The second kappa shape index (κ2) is 12.6. The van der Waals surface area contributed by atoms with E-state index >= 15 is 0 Å². The first-order valence-electron chi connectivity index (χ1n) is 25.4. The summed E-state index contributed by atoms with van der Waals surface area (Å²) in [6.45, 7) is 9.61. The monoisotopic (exact) mass is 956 g/mol. The molecule has 8 heteroatoms. The van der Waals surface area contributed by atoms with Gasteiger partial charge in [0.2, 0.25) is 0 Å². The van der Waals surface area contributed by atoms with Crippen molar-refractivity contribution in [2.45, 2.75) is 38.5 Å². The van der Waals surface area contributed by atoms with E-state index in [9.17, 15) is 0 Å². The number of hydrogen-bond acceptors (Lipinski definition) is 6. The fourth-order valence-corrected chi connectivity index (χ4v) is 22.8. The van der Waals surface area contributed by atoms with Gasteiger partial charge in [-0.15, -0.1) is 0 Å². The maximum absolute atomic E-state index is 7.60. The first-order chi connectivity index (χ1) is 35.3. The van der Waals surface area contributed by atoms with Crippen molar-refractivity contribution < 1.29 is 9.47 Å². The minimum atomic E-state index is -2.26. The number of para-hydroxylation sites is 4. The summed E-state index contributed by atoms with van der Waals surface area (Å²) < 4.78 is 15.2. The fraction of sp³-hybridized carbons (Fsp3) is 0.0938. The molecule has 72 heavy (non-hydrogen) atoms. The molecule has 8 heterocycles. The highest BCUT2D eigenvalue weighted by Gasteiger charge is 2.55. The number of fused-ring (bicyclic) bond motifs is 9. The van der Waals surface area contributed by atoms with Crippen molar-refractivity contribution in [2.75, 3.05) is 19.6 Å². The van der Waals surface area contributed by atoms with Gasteiger partial charge in [-0.2, -0.15) is 0 Å². The molecule has 0 spiro atoms. The summed E-state index contributed by atoms with van der Waals surface area (Å²) in [5, 5.41) is 10.7. The lowest BCUT2D eigenvalue weighted by Gasteiger charge is -2.52. The molecule has 0 saturated heterocycles. The number of ether oxygens (including phenoxy) is 2. The Kier molecular flexibility index (Phi) is 6.72. The Hall–Kier alpha value is -8.31. The second-order valence-corrected chi connectivity index (χ2v) is 27.1. The highest BCUT2D eigenvalue weighted by Crippen LogP contribution is 2.60. The van der Waals surface area contributed by atoms with Crippen molar-refractivity contribution >= 4 is 128 Å². The number of anilines is 12.